The number of ether oxygens (including phenoxy) is 4. The van der Waals surface area contributed by atoms with Crippen molar-refractivity contribution in [3.05, 3.63) is 70.8 Å². The summed E-state index contributed by atoms with van der Waals surface area (Å²) in [6.07, 6.45) is 2.24. The molecule has 2 aromatic rings. The van der Waals surface area contributed by atoms with Gasteiger partial charge in [0, 0.05) is 36.0 Å². The van der Waals surface area contributed by atoms with E-state index in [1.54, 1.807) is 32.9 Å². The van der Waals surface area contributed by atoms with Crippen LogP contribution in [0, 0.1) is 11.6 Å². The number of amides is 1. The minimum Gasteiger partial charge on any atom is -0.493 e. The van der Waals surface area contributed by atoms with Crippen molar-refractivity contribution in [1.29, 1.82) is 0 Å². The van der Waals surface area contributed by atoms with Crippen LogP contribution in [-0.2, 0) is 9.47 Å². The van der Waals surface area contributed by atoms with Crippen LogP contribution in [0.5, 0.6) is 11.6 Å². The molecule has 2 unspecified atom stereocenters. The number of hydrogen-bond donors (Lipinski definition) is 2. The predicted octanol–water partition coefficient (Wildman–Crippen LogP) is 3.36. The number of benzene rings is 1. The third-order valence-electron chi connectivity index (χ3n) is 6.51. The number of nitrogens with two attached hydrogens (primary N) is 2. The number of fused-ring (bicyclic) bond motifs is 1. The fourth-order valence-corrected chi connectivity index (χ4v) is 4.74. The molecule has 2 aliphatic rings. The molecule has 13 heteroatoms. The highest BCUT2D eigenvalue weighted by Gasteiger charge is 2.43. The second-order valence-corrected chi connectivity index (χ2v) is 10.6. The van der Waals surface area contributed by atoms with Crippen molar-refractivity contribution >= 4 is 17.8 Å². The second kappa shape index (κ2) is 11.5. The molecule has 11 nitrogen and oxygen atoms in total. The number of pyridine rings is 1. The summed E-state index contributed by atoms with van der Waals surface area (Å²) in [6.45, 7) is 5.75. The number of carbonyl (C=O) groups excluding carboxylic acids is 2. The monoisotopic (exact) mass is 573 g/mol. The third kappa shape index (κ3) is 6.44. The van der Waals surface area contributed by atoms with Crippen LogP contribution in [0.2, 0.25) is 0 Å². The molecule has 4 N–H and O–H groups in total. The topological polar surface area (TPSA) is 142 Å². The number of aromatic nitrogens is 1. The minimum atomic E-state index is -0.918. The Kier molecular flexibility index (Phi) is 8.27. The summed E-state index contributed by atoms with van der Waals surface area (Å²) in [6, 6.07) is 4.58. The lowest BCUT2D eigenvalue weighted by Gasteiger charge is -2.39. The van der Waals surface area contributed by atoms with Gasteiger partial charge in [0.15, 0.2) is 11.6 Å². The summed E-state index contributed by atoms with van der Waals surface area (Å²) in [5.74, 6) is -2.17. The average molecular weight is 574 g/mol. The number of rotatable bonds is 6. The van der Waals surface area contributed by atoms with E-state index in [-0.39, 0.29) is 47.1 Å². The molecule has 41 heavy (non-hydrogen) atoms. The van der Waals surface area contributed by atoms with E-state index in [9.17, 15) is 18.4 Å². The van der Waals surface area contributed by atoms with Crippen molar-refractivity contribution in [2.75, 3.05) is 27.3 Å². The maximum atomic E-state index is 14.4. The lowest BCUT2D eigenvalue weighted by Crippen LogP contribution is -2.51. The number of nitrogens with zero attached hydrogens (tertiary/aromatic N) is 3. The molecular weight excluding hydrogens is 540 g/mol. The molecule has 0 saturated carbocycles. The second-order valence-electron chi connectivity index (χ2n) is 10.6. The first-order valence-electron chi connectivity index (χ1n) is 12.8. The quantitative estimate of drug-likeness (QED) is 0.494. The summed E-state index contributed by atoms with van der Waals surface area (Å²) < 4.78 is 50.0. The standard InChI is InChI=1S/C28H33F2N5O6/c1-28(2,3)41-27(37)35-13-17-10-18(40-23-7-6-15(12-33-23)26(36)39-5)14-34(17)22(25(35)32)11-21(31)19-8-16(29)9-20(30)24(19)38-4/h6-9,11-12,17-18H,10,13-14,31-32H2,1-5H3/b21-11-. The zero-order chi connectivity index (χ0) is 30.1. The zero-order valence-corrected chi connectivity index (χ0v) is 23.4. The third-order valence-corrected chi connectivity index (χ3v) is 6.51. The minimum absolute atomic E-state index is 0.0156. The van der Waals surface area contributed by atoms with Gasteiger partial charge in [-0.1, -0.05) is 0 Å². The number of esters is 1. The van der Waals surface area contributed by atoms with Gasteiger partial charge in [0.25, 0.3) is 0 Å². The molecule has 1 amide bonds. The van der Waals surface area contributed by atoms with Crippen molar-refractivity contribution in [3.8, 4) is 11.6 Å². The van der Waals surface area contributed by atoms with E-state index in [1.165, 1.54) is 31.4 Å². The van der Waals surface area contributed by atoms with Gasteiger partial charge in [0.05, 0.1) is 44.6 Å². The van der Waals surface area contributed by atoms with Crippen molar-refractivity contribution in [3.63, 3.8) is 0 Å². The van der Waals surface area contributed by atoms with Gasteiger partial charge in [-0.05, 0) is 39.0 Å². The summed E-state index contributed by atoms with van der Waals surface area (Å²) in [4.78, 5) is 32.2. The van der Waals surface area contributed by atoms with Gasteiger partial charge in [-0.25, -0.2) is 23.4 Å². The molecule has 1 aromatic carbocycles. The highest BCUT2D eigenvalue weighted by Crippen LogP contribution is 2.35. The van der Waals surface area contributed by atoms with E-state index in [0.717, 1.165) is 6.07 Å². The van der Waals surface area contributed by atoms with E-state index in [2.05, 4.69) is 4.98 Å². The Balaban J connectivity index is 1.68. The molecule has 4 rings (SSSR count). The van der Waals surface area contributed by atoms with Crippen LogP contribution < -0.4 is 20.9 Å². The van der Waals surface area contributed by atoms with E-state index >= 15 is 0 Å². The Hall–Kier alpha value is -4.55. The van der Waals surface area contributed by atoms with Crippen LogP contribution >= 0.6 is 0 Å². The molecule has 1 aromatic heterocycles. The van der Waals surface area contributed by atoms with E-state index < -0.39 is 29.3 Å². The molecule has 0 radical (unpaired) electrons. The molecule has 0 bridgehead atoms. The van der Waals surface area contributed by atoms with E-state index in [0.29, 0.717) is 30.6 Å². The largest absolute Gasteiger partial charge is 0.493 e. The maximum absolute atomic E-state index is 14.4. The van der Waals surface area contributed by atoms with Gasteiger partial charge in [0.2, 0.25) is 5.88 Å². The first-order chi connectivity index (χ1) is 19.3. The first-order valence-corrected chi connectivity index (χ1v) is 12.8. The van der Waals surface area contributed by atoms with Crippen LogP contribution in [0.4, 0.5) is 13.6 Å². The number of allylic oxidation sites excluding steroid dienone is 1. The molecule has 220 valence electrons. The molecule has 3 heterocycles. The van der Waals surface area contributed by atoms with Gasteiger partial charge in [-0.15, -0.1) is 0 Å². The van der Waals surface area contributed by atoms with Crippen molar-refractivity contribution in [1.82, 2.24) is 14.8 Å². The van der Waals surface area contributed by atoms with Crippen molar-refractivity contribution < 1.29 is 37.3 Å². The highest BCUT2D eigenvalue weighted by atomic mass is 19.1. The number of halogens is 2. The molecule has 1 fully saturated rings. The Bertz CT molecular complexity index is 1390. The Morgan fingerprint density at radius 1 is 1.15 bits per heavy atom. The van der Waals surface area contributed by atoms with Crippen molar-refractivity contribution in [2.24, 2.45) is 11.5 Å². The molecule has 0 spiro atoms. The normalized spacial score (nSPS) is 19.1. The van der Waals surface area contributed by atoms with Crippen LogP contribution in [0.1, 0.15) is 43.1 Å². The first kappa shape index (κ1) is 29.4. The number of carbonyl (C=O) groups is 2. The number of hydrogen-bond acceptors (Lipinski definition) is 10. The summed E-state index contributed by atoms with van der Waals surface area (Å²) >= 11 is 0. The fraction of sp³-hybridized carbons (Fsp3) is 0.393. The molecular formula is C28H33F2N5O6. The average Bonchev–Trinajstić information content (AvgIpc) is 3.30. The van der Waals surface area contributed by atoms with Crippen LogP contribution in [0.25, 0.3) is 5.70 Å². The fourth-order valence-electron chi connectivity index (χ4n) is 4.74. The lowest BCUT2D eigenvalue weighted by atomic mass is 10.1. The SMILES string of the molecule is COC(=O)c1ccc(OC2CC3CN(C(=O)OC(C)(C)C)C(N)=C(/C=C(\N)c4cc(F)cc(F)c4OC)N3C2)nc1. The van der Waals surface area contributed by atoms with Crippen molar-refractivity contribution in [2.45, 2.75) is 44.9 Å². The Labute approximate surface area is 236 Å². The van der Waals surface area contributed by atoms with Gasteiger partial charge < -0.3 is 35.3 Å². The molecule has 0 aliphatic carbocycles. The van der Waals surface area contributed by atoms with Gasteiger partial charge in [0.1, 0.15) is 23.3 Å². The lowest BCUT2D eigenvalue weighted by molar-refractivity contribution is 0.0243. The van der Waals surface area contributed by atoms with Crippen LogP contribution in [0.15, 0.2) is 48.1 Å². The number of methoxy groups -OCH3 is 2. The zero-order valence-electron chi connectivity index (χ0n) is 23.4. The highest BCUT2D eigenvalue weighted by molar-refractivity contribution is 5.88. The van der Waals surface area contributed by atoms with E-state index in [1.807, 2.05) is 4.90 Å². The van der Waals surface area contributed by atoms with Gasteiger partial charge in [-0.2, -0.15) is 0 Å². The van der Waals surface area contributed by atoms with Gasteiger partial charge in [-0.3, -0.25) is 4.90 Å². The molecule has 2 aliphatic heterocycles. The Morgan fingerprint density at radius 2 is 1.88 bits per heavy atom. The van der Waals surface area contributed by atoms with Crippen LogP contribution in [0.3, 0.4) is 0 Å². The summed E-state index contributed by atoms with van der Waals surface area (Å²) in [7, 11) is 2.52. The predicted molar refractivity (Wildman–Crippen MR) is 144 cm³/mol. The summed E-state index contributed by atoms with van der Waals surface area (Å²) in [5.41, 5.74) is 12.6. The van der Waals surface area contributed by atoms with E-state index in [4.69, 9.17) is 30.4 Å². The molecule has 1 saturated heterocycles. The Morgan fingerprint density at radius 3 is 2.49 bits per heavy atom. The summed E-state index contributed by atoms with van der Waals surface area (Å²) in [5, 5.41) is 0. The van der Waals surface area contributed by atoms with Crippen LogP contribution in [-0.4, -0.2) is 71.9 Å². The smallest absolute Gasteiger partial charge is 0.416 e. The molecule has 2 atom stereocenters. The maximum Gasteiger partial charge on any atom is 0.416 e. The van der Waals surface area contributed by atoms with Gasteiger partial charge >= 0.3 is 12.1 Å².